The number of H-pyrrole nitrogens is 1. The Labute approximate surface area is 155 Å². The van der Waals surface area contributed by atoms with E-state index in [0.29, 0.717) is 15.9 Å². The minimum absolute atomic E-state index is 0.634. The summed E-state index contributed by atoms with van der Waals surface area (Å²) in [6.45, 7) is 0. The molecule has 0 spiro atoms. The molecule has 3 nitrogen and oxygen atoms in total. The molecule has 0 radical (unpaired) electrons. The van der Waals surface area contributed by atoms with Crippen LogP contribution in [-0.4, -0.2) is 15.0 Å². The molecule has 0 aliphatic heterocycles. The maximum Gasteiger partial charge on any atom is 0.157 e. The molecule has 2 heterocycles. The molecule has 0 saturated heterocycles. The molecule has 0 amide bonds. The Morgan fingerprint density at radius 2 is 1.36 bits per heavy atom. The first-order chi connectivity index (χ1) is 12.2. The van der Waals surface area contributed by atoms with Crippen molar-refractivity contribution < 1.29 is 0 Å². The number of hydrogen-bond acceptors (Lipinski definition) is 2. The monoisotopic (exact) mass is 365 g/mol. The van der Waals surface area contributed by atoms with Crippen molar-refractivity contribution in [3.05, 3.63) is 83.0 Å². The molecule has 4 rings (SSSR count). The van der Waals surface area contributed by atoms with Crippen LogP contribution in [-0.2, 0) is 0 Å². The van der Waals surface area contributed by atoms with Gasteiger partial charge in [-0.05, 0) is 24.3 Å². The van der Waals surface area contributed by atoms with E-state index in [2.05, 4.69) is 9.97 Å². The molecule has 25 heavy (non-hydrogen) atoms. The zero-order chi connectivity index (χ0) is 17.2. The molecule has 1 N–H and O–H groups in total. The Bertz CT molecular complexity index is 963. The molecule has 0 unspecified atom stereocenters. The van der Waals surface area contributed by atoms with Crippen LogP contribution in [0.5, 0.6) is 0 Å². The van der Waals surface area contributed by atoms with E-state index in [1.165, 1.54) is 0 Å². The molecule has 0 atom stereocenters. The molecule has 0 bridgehead atoms. The number of nitrogens with one attached hydrogen (secondary N) is 1. The fourth-order valence-corrected chi connectivity index (χ4v) is 3.16. The average molecular weight is 366 g/mol. The molecule has 2 aromatic carbocycles. The lowest BCUT2D eigenvalue weighted by atomic mass is 10.1. The standard InChI is InChI=1S/C20H13Cl2N3/c21-15-9-3-1-7-13(15)18-19(14-8-2-4-10-16(14)22)25-20(24-18)17-11-5-6-12-23-17/h1-12H,(H,24,25). The molecule has 0 aliphatic rings. The van der Waals surface area contributed by atoms with Gasteiger partial charge in [-0.25, -0.2) is 4.98 Å². The summed E-state index contributed by atoms with van der Waals surface area (Å²) in [5.41, 5.74) is 4.04. The number of aromatic nitrogens is 3. The summed E-state index contributed by atoms with van der Waals surface area (Å²) in [6, 6.07) is 21.0. The van der Waals surface area contributed by atoms with Crippen molar-refractivity contribution in [2.24, 2.45) is 0 Å². The predicted molar refractivity (Wildman–Crippen MR) is 103 cm³/mol. The molecule has 4 aromatic rings. The normalized spacial score (nSPS) is 10.8. The van der Waals surface area contributed by atoms with Crippen LogP contribution < -0.4 is 0 Å². The summed E-state index contributed by atoms with van der Waals surface area (Å²) in [5, 5.41) is 1.28. The second kappa shape index (κ2) is 6.71. The number of hydrogen-bond donors (Lipinski definition) is 1. The van der Waals surface area contributed by atoms with Crippen LogP contribution in [0.2, 0.25) is 10.0 Å². The van der Waals surface area contributed by atoms with Crippen molar-refractivity contribution in [3.8, 4) is 34.0 Å². The predicted octanol–water partition coefficient (Wildman–Crippen LogP) is 6.11. The quantitative estimate of drug-likeness (QED) is 0.475. The van der Waals surface area contributed by atoms with Crippen molar-refractivity contribution in [1.82, 2.24) is 15.0 Å². The summed E-state index contributed by atoms with van der Waals surface area (Å²) < 4.78 is 0. The molecular weight excluding hydrogens is 353 g/mol. The zero-order valence-corrected chi connectivity index (χ0v) is 14.6. The van der Waals surface area contributed by atoms with E-state index in [0.717, 1.165) is 28.2 Å². The van der Waals surface area contributed by atoms with Crippen LogP contribution in [0.25, 0.3) is 34.0 Å². The van der Waals surface area contributed by atoms with Crippen molar-refractivity contribution in [2.45, 2.75) is 0 Å². The van der Waals surface area contributed by atoms with E-state index < -0.39 is 0 Å². The third-order valence-electron chi connectivity index (χ3n) is 3.88. The lowest BCUT2D eigenvalue weighted by Gasteiger charge is -2.06. The van der Waals surface area contributed by atoms with E-state index in [9.17, 15) is 0 Å². The van der Waals surface area contributed by atoms with E-state index >= 15 is 0 Å². The van der Waals surface area contributed by atoms with Crippen LogP contribution in [0, 0.1) is 0 Å². The number of rotatable bonds is 3. The smallest absolute Gasteiger partial charge is 0.157 e. The number of aromatic amines is 1. The van der Waals surface area contributed by atoms with Crippen LogP contribution in [0.15, 0.2) is 72.9 Å². The summed E-state index contributed by atoms with van der Waals surface area (Å²) in [4.78, 5) is 12.5. The van der Waals surface area contributed by atoms with Gasteiger partial charge in [-0.1, -0.05) is 65.7 Å². The third kappa shape index (κ3) is 3.04. The summed E-state index contributed by atoms with van der Waals surface area (Å²) in [7, 11) is 0. The van der Waals surface area contributed by atoms with Gasteiger partial charge in [0.05, 0.1) is 16.4 Å². The maximum atomic E-state index is 6.42. The SMILES string of the molecule is Clc1ccccc1-c1nc(-c2ccccn2)[nH]c1-c1ccccc1Cl. The Morgan fingerprint density at radius 3 is 2.00 bits per heavy atom. The first kappa shape index (κ1) is 15.9. The lowest BCUT2D eigenvalue weighted by molar-refractivity contribution is 1.22. The minimum Gasteiger partial charge on any atom is -0.336 e. The Balaban J connectivity index is 1.97. The fourth-order valence-electron chi connectivity index (χ4n) is 2.70. The van der Waals surface area contributed by atoms with Gasteiger partial charge in [0, 0.05) is 22.3 Å². The van der Waals surface area contributed by atoms with E-state index in [1.54, 1.807) is 6.20 Å². The molecule has 5 heteroatoms. The van der Waals surface area contributed by atoms with E-state index in [1.807, 2.05) is 66.7 Å². The fraction of sp³-hybridized carbons (Fsp3) is 0. The number of pyridine rings is 1. The number of halogens is 2. The second-order valence-electron chi connectivity index (χ2n) is 5.48. The number of benzene rings is 2. The third-order valence-corrected chi connectivity index (χ3v) is 4.54. The molecule has 0 saturated carbocycles. The lowest BCUT2D eigenvalue weighted by Crippen LogP contribution is -1.85. The number of nitrogens with zero attached hydrogens (tertiary/aromatic N) is 2. The first-order valence-corrected chi connectivity index (χ1v) is 8.51. The largest absolute Gasteiger partial charge is 0.336 e. The van der Waals surface area contributed by atoms with Gasteiger partial charge < -0.3 is 4.98 Å². The highest BCUT2D eigenvalue weighted by Gasteiger charge is 2.19. The zero-order valence-electron chi connectivity index (χ0n) is 13.1. The second-order valence-corrected chi connectivity index (χ2v) is 6.30. The van der Waals surface area contributed by atoms with Crippen LogP contribution in [0.1, 0.15) is 0 Å². The van der Waals surface area contributed by atoms with Gasteiger partial charge in [-0.2, -0.15) is 0 Å². The van der Waals surface area contributed by atoms with Gasteiger partial charge in [0.1, 0.15) is 5.69 Å². The highest BCUT2D eigenvalue weighted by Crippen LogP contribution is 2.38. The van der Waals surface area contributed by atoms with Crippen molar-refractivity contribution in [1.29, 1.82) is 0 Å². The Kier molecular flexibility index (Phi) is 4.26. The van der Waals surface area contributed by atoms with Crippen LogP contribution >= 0.6 is 23.2 Å². The Hall–Kier alpha value is -2.62. The van der Waals surface area contributed by atoms with Gasteiger partial charge in [0.15, 0.2) is 5.82 Å². The van der Waals surface area contributed by atoms with Gasteiger partial charge in [-0.3, -0.25) is 4.98 Å². The maximum absolute atomic E-state index is 6.42. The van der Waals surface area contributed by atoms with Gasteiger partial charge in [0.2, 0.25) is 0 Å². The highest BCUT2D eigenvalue weighted by atomic mass is 35.5. The topological polar surface area (TPSA) is 41.6 Å². The molecular formula is C20H13Cl2N3. The molecule has 122 valence electrons. The Morgan fingerprint density at radius 1 is 0.720 bits per heavy atom. The highest BCUT2D eigenvalue weighted by molar-refractivity contribution is 6.34. The minimum atomic E-state index is 0.634. The van der Waals surface area contributed by atoms with Crippen molar-refractivity contribution in [2.75, 3.05) is 0 Å². The summed E-state index contributed by atoms with van der Waals surface area (Å²) in [6.07, 6.45) is 1.74. The first-order valence-electron chi connectivity index (χ1n) is 7.75. The molecule has 0 fully saturated rings. The molecule has 2 aromatic heterocycles. The summed E-state index contributed by atoms with van der Waals surface area (Å²) >= 11 is 12.8. The van der Waals surface area contributed by atoms with E-state index in [-0.39, 0.29) is 0 Å². The number of imidazole rings is 1. The van der Waals surface area contributed by atoms with Crippen LogP contribution in [0.4, 0.5) is 0 Å². The van der Waals surface area contributed by atoms with Crippen LogP contribution in [0.3, 0.4) is 0 Å². The van der Waals surface area contributed by atoms with Crippen molar-refractivity contribution >= 4 is 23.2 Å². The van der Waals surface area contributed by atoms with Gasteiger partial charge in [-0.15, -0.1) is 0 Å². The van der Waals surface area contributed by atoms with Gasteiger partial charge in [0.25, 0.3) is 0 Å². The average Bonchev–Trinajstić information content (AvgIpc) is 3.08. The molecule has 0 aliphatic carbocycles. The van der Waals surface area contributed by atoms with E-state index in [4.69, 9.17) is 28.2 Å². The van der Waals surface area contributed by atoms with Crippen molar-refractivity contribution in [3.63, 3.8) is 0 Å². The summed E-state index contributed by atoms with van der Waals surface area (Å²) in [5.74, 6) is 0.672. The van der Waals surface area contributed by atoms with Gasteiger partial charge >= 0.3 is 0 Å².